The molecule has 15 heteroatoms. The molecule has 2 unspecified atom stereocenters. The molecule has 2 N–H and O–H groups in total. The summed E-state index contributed by atoms with van der Waals surface area (Å²) in [7, 11) is 4.10. The van der Waals surface area contributed by atoms with Crippen molar-refractivity contribution in [3.63, 3.8) is 0 Å². The highest BCUT2D eigenvalue weighted by atomic mass is 35.5. The van der Waals surface area contributed by atoms with Crippen molar-refractivity contribution in [3.8, 4) is 0 Å². The molecule has 0 radical (unpaired) electrons. The van der Waals surface area contributed by atoms with Crippen molar-refractivity contribution in [2.24, 2.45) is 37.1 Å². The Kier molecular flexibility index (Phi) is 17.2. The van der Waals surface area contributed by atoms with Crippen LogP contribution in [-0.4, -0.2) is 47.3 Å². The molecule has 0 saturated carbocycles. The number of nitrogens with two attached hydrogens (primary N) is 1. The Balaban J connectivity index is 0.000000244. The van der Waals surface area contributed by atoms with Crippen molar-refractivity contribution >= 4 is 70.1 Å². The Morgan fingerprint density at radius 3 is 1.42 bits per heavy atom. The molecule has 6 aromatic rings. The molecule has 0 bridgehead atoms. The predicted octanol–water partition coefficient (Wildman–Crippen LogP) is 8.62. The number of carbonyl (C=O) groups excluding carboxylic acids is 4. The number of aryl methyl sites for hydroxylation is 2. The fraction of sp³-hybridized carbons (Fsp3) is 0.500. The molecule has 2 aliphatic rings. The van der Waals surface area contributed by atoms with Gasteiger partial charge in [0, 0.05) is 72.3 Å². The summed E-state index contributed by atoms with van der Waals surface area (Å²) in [6.07, 6.45) is 14.6. The van der Waals surface area contributed by atoms with Crippen LogP contribution in [0.25, 0.3) is 21.8 Å². The number of halogens is 2. The molecular weight excluding hydrogens is 890 g/mol. The molecule has 0 saturated heterocycles. The smallest absolute Gasteiger partial charge is 0.329 e. The fourth-order valence-corrected chi connectivity index (χ4v) is 10.2. The van der Waals surface area contributed by atoms with E-state index < -0.39 is 11.0 Å². The average molecular weight is 961 g/mol. The zero-order valence-corrected chi connectivity index (χ0v) is 42.4. The number of nitrogens with zero attached hydrogens (tertiary/aromatic N) is 6. The number of ether oxygens (including phenoxy) is 2. The summed E-state index contributed by atoms with van der Waals surface area (Å²) in [5, 5.41) is 2.10. The van der Waals surface area contributed by atoms with Crippen LogP contribution in [0.15, 0.2) is 73.3 Å². The summed E-state index contributed by atoms with van der Waals surface area (Å²) in [4.78, 5) is 52.1. The standard InChI is InChI=1S/C27H36N3O3.C25H33N4O3.2ClH/c1-6-27(7-2,8-3)26(32)33-18-30-16-15-29(19(30)4)17-20-13-14-23-24(25(20)31)21-11-9-10-12-22(21)28(23)5;1-5-25(26,6-2)24(31)32-16-29-14-13-28(17(29)3)15-18-11-12-21-22(23(18)30)19-9-7-8-10-20(19)27(21)4;;/h9-12,15-16,20H,6-8,13-14,17-18H2,1-5H3;7-10,13-14,18H,5-6,11-12,15-16,26H2,1-4H3;2*1H/q2*+1;;. The Morgan fingerprint density at radius 1 is 0.642 bits per heavy atom. The normalized spacial score (nSPS) is 15.9. The molecule has 4 heterocycles. The molecule has 0 aliphatic heterocycles. The third-order valence-electron chi connectivity index (χ3n) is 15.3. The van der Waals surface area contributed by atoms with E-state index in [0.29, 0.717) is 25.9 Å². The van der Waals surface area contributed by atoms with Gasteiger partial charge in [0.1, 0.15) is 43.4 Å². The van der Waals surface area contributed by atoms with Crippen LogP contribution in [0.5, 0.6) is 0 Å². The van der Waals surface area contributed by atoms with E-state index >= 15 is 0 Å². The minimum atomic E-state index is -0.943. The summed E-state index contributed by atoms with van der Waals surface area (Å²) in [6, 6.07) is 16.3. The third-order valence-corrected chi connectivity index (χ3v) is 15.3. The van der Waals surface area contributed by atoms with E-state index in [9.17, 15) is 19.2 Å². The topological polar surface area (TPSA) is 140 Å². The lowest BCUT2D eigenvalue weighted by Gasteiger charge is -2.27. The summed E-state index contributed by atoms with van der Waals surface area (Å²) in [5.74, 6) is 1.73. The van der Waals surface area contributed by atoms with Gasteiger partial charge in [-0.05, 0) is 69.9 Å². The van der Waals surface area contributed by atoms with Gasteiger partial charge in [-0.25, -0.2) is 13.9 Å². The van der Waals surface area contributed by atoms with Gasteiger partial charge in [-0.1, -0.05) is 71.0 Å². The molecule has 362 valence electrons. The van der Waals surface area contributed by atoms with Crippen LogP contribution in [0.1, 0.15) is 123 Å². The Bertz CT molecular complexity index is 2730. The van der Waals surface area contributed by atoms with E-state index in [0.717, 1.165) is 101 Å². The number of rotatable bonds is 15. The molecule has 8 rings (SSSR count). The third kappa shape index (κ3) is 9.87. The number of benzene rings is 2. The van der Waals surface area contributed by atoms with Crippen LogP contribution in [0.2, 0.25) is 0 Å². The molecule has 2 atom stereocenters. The van der Waals surface area contributed by atoms with Crippen LogP contribution < -0.4 is 14.9 Å². The lowest BCUT2D eigenvalue weighted by molar-refractivity contribution is -0.733. The largest absolute Gasteiger partial charge is 0.424 e. The average Bonchev–Trinajstić information content (AvgIpc) is 4.04. The number of hydrogen-bond acceptors (Lipinski definition) is 7. The molecule has 67 heavy (non-hydrogen) atoms. The number of imidazole rings is 2. The van der Waals surface area contributed by atoms with Crippen LogP contribution >= 0.6 is 24.8 Å². The van der Waals surface area contributed by atoms with Crippen molar-refractivity contribution in [2.75, 3.05) is 0 Å². The van der Waals surface area contributed by atoms with Gasteiger partial charge in [0.05, 0.1) is 17.3 Å². The van der Waals surface area contributed by atoms with Crippen LogP contribution in [0.4, 0.5) is 0 Å². The van der Waals surface area contributed by atoms with Gasteiger partial charge >= 0.3 is 11.9 Å². The number of aromatic nitrogens is 6. The molecular formula is C52H71Cl2N7O6+2. The van der Waals surface area contributed by atoms with Gasteiger partial charge < -0.3 is 24.3 Å². The fourth-order valence-electron chi connectivity index (χ4n) is 10.2. The SMILES string of the molecule is CCC(CC)(CC)C(=O)OC[n+]1ccn(CC2CCc3c(c4ccccc4n3C)C2=O)c1C.CCC(N)(CC)C(=O)OC[n+]1ccn(CC2CCc3c(c4ccccc4n3C)C2=O)c1C.Cl.Cl. The lowest BCUT2D eigenvalue weighted by Crippen LogP contribution is -2.50. The van der Waals surface area contributed by atoms with Gasteiger partial charge in [-0.2, -0.15) is 9.13 Å². The van der Waals surface area contributed by atoms with E-state index in [1.54, 1.807) is 0 Å². The number of hydrogen-bond donors (Lipinski definition) is 1. The molecule has 2 aliphatic carbocycles. The summed E-state index contributed by atoms with van der Waals surface area (Å²) in [5.41, 5.74) is 11.1. The van der Waals surface area contributed by atoms with Crippen molar-refractivity contribution in [1.29, 1.82) is 0 Å². The molecule has 0 spiro atoms. The summed E-state index contributed by atoms with van der Waals surface area (Å²) < 4.78 is 23.5. The first kappa shape index (κ1) is 52.7. The molecule has 2 aromatic carbocycles. The van der Waals surface area contributed by atoms with Gasteiger partial charge in [0.25, 0.3) is 11.6 Å². The second kappa shape index (κ2) is 21.8. The second-order valence-corrected chi connectivity index (χ2v) is 18.3. The van der Waals surface area contributed by atoms with Crippen molar-refractivity contribution in [1.82, 2.24) is 18.3 Å². The molecule has 4 aromatic heterocycles. The van der Waals surface area contributed by atoms with Crippen LogP contribution in [-0.2, 0) is 72.6 Å². The van der Waals surface area contributed by atoms with Crippen molar-refractivity contribution in [2.45, 2.75) is 138 Å². The highest BCUT2D eigenvalue weighted by Crippen LogP contribution is 2.36. The minimum absolute atomic E-state index is 0. The number of esters is 2. The quantitative estimate of drug-likeness (QED) is 0.0803. The van der Waals surface area contributed by atoms with Crippen LogP contribution in [0.3, 0.4) is 0 Å². The van der Waals surface area contributed by atoms with E-state index in [1.165, 1.54) is 0 Å². The Labute approximate surface area is 407 Å². The van der Waals surface area contributed by atoms with Crippen LogP contribution in [0, 0.1) is 31.1 Å². The number of para-hydroxylation sites is 2. The predicted molar refractivity (Wildman–Crippen MR) is 264 cm³/mol. The Morgan fingerprint density at radius 2 is 1.03 bits per heavy atom. The molecule has 13 nitrogen and oxygen atoms in total. The van der Waals surface area contributed by atoms with E-state index in [1.807, 2.05) is 120 Å². The summed E-state index contributed by atoms with van der Waals surface area (Å²) >= 11 is 0. The molecule has 0 fully saturated rings. The van der Waals surface area contributed by atoms with E-state index in [-0.39, 0.29) is 73.6 Å². The zero-order valence-electron chi connectivity index (χ0n) is 40.8. The maximum absolute atomic E-state index is 13.5. The monoisotopic (exact) mass is 959 g/mol. The number of Topliss-reactive ketones (excluding diaryl/α,β-unsaturated/α-hetero) is 2. The van der Waals surface area contributed by atoms with Gasteiger partial charge in [-0.15, -0.1) is 24.8 Å². The second-order valence-electron chi connectivity index (χ2n) is 18.3. The van der Waals surface area contributed by atoms with Gasteiger partial charge in [-0.3, -0.25) is 14.4 Å². The summed E-state index contributed by atoms with van der Waals surface area (Å²) in [6.45, 7) is 15.5. The minimum Gasteiger partial charge on any atom is -0.424 e. The Hall–Kier alpha value is -5.24. The highest BCUT2D eigenvalue weighted by Gasteiger charge is 2.38. The number of ketones is 2. The van der Waals surface area contributed by atoms with Crippen molar-refractivity contribution in [3.05, 3.63) is 107 Å². The number of fused-ring (bicyclic) bond motifs is 6. The molecule has 0 amide bonds. The first-order valence-corrected chi connectivity index (χ1v) is 23.6. The van der Waals surface area contributed by atoms with E-state index in [2.05, 4.69) is 43.5 Å². The lowest BCUT2D eigenvalue weighted by atomic mass is 9.80. The number of carbonyl (C=O) groups is 4. The zero-order chi connectivity index (χ0) is 46.8. The first-order chi connectivity index (χ1) is 31.2. The highest BCUT2D eigenvalue weighted by molar-refractivity contribution is 6.12. The van der Waals surface area contributed by atoms with E-state index in [4.69, 9.17) is 15.2 Å². The first-order valence-electron chi connectivity index (χ1n) is 23.6. The maximum atomic E-state index is 13.5. The van der Waals surface area contributed by atoms with Gasteiger partial charge in [0.2, 0.25) is 13.5 Å². The van der Waals surface area contributed by atoms with Gasteiger partial charge in [0.15, 0.2) is 11.6 Å². The van der Waals surface area contributed by atoms with Crippen molar-refractivity contribution < 1.29 is 37.8 Å². The maximum Gasteiger partial charge on any atom is 0.329 e.